The number of esters is 3. The molecule has 1 fully saturated rings. The third-order valence-electron chi connectivity index (χ3n) is 4.07. The van der Waals surface area contributed by atoms with Crippen LogP contribution < -0.4 is 10.1 Å². The Morgan fingerprint density at radius 1 is 0.900 bits per heavy atom. The van der Waals surface area contributed by atoms with Gasteiger partial charge in [-0.3, -0.25) is 19.2 Å². The van der Waals surface area contributed by atoms with Gasteiger partial charge < -0.3 is 29.0 Å². The molecule has 1 aromatic carbocycles. The molecule has 5 atom stereocenters. The Morgan fingerprint density at radius 3 is 2.03 bits per heavy atom. The minimum atomic E-state index is -1.15. The summed E-state index contributed by atoms with van der Waals surface area (Å²) < 4.78 is 27.5. The molecule has 0 aromatic heterocycles. The second-order valence-corrected chi connectivity index (χ2v) is 6.65. The second-order valence-electron chi connectivity index (χ2n) is 6.65. The van der Waals surface area contributed by atoms with Gasteiger partial charge in [-0.25, -0.2) is 0 Å². The number of amides is 1. The maximum Gasteiger partial charge on any atom is 0.303 e. The zero-order valence-electron chi connectivity index (χ0n) is 17.2. The molecule has 1 aliphatic heterocycles. The lowest BCUT2D eigenvalue weighted by Crippen LogP contribution is -2.67. The molecule has 1 N–H and O–H groups in total. The van der Waals surface area contributed by atoms with E-state index in [1.807, 2.05) is 0 Å². The molecule has 1 aliphatic rings. The molecule has 10 heteroatoms. The van der Waals surface area contributed by atoms with Crippen LogP contribution in [0.25, 0.3) is 0 Å². The molecule has 0 bridgehead atoms. The SMILES string of the molecule is CC(=O)N[C@@H]1[C@H](Oc2ccccc2)O[C@H](COC(C)=O)[C@@H](OC(C)=O)[C@@H]1OC(C)=O. The third kappa shape index (κ3) is 6.73. The lowest BCUT2D eigenvalue weighted by molar-refractivity contribution is -0.257. The minimum Gasteiger partial charge on any atom is -0.463 e. The number of nitrogens with one attached hydrogen (secondary N) is 1. The second kappa shape index (κ2) is 10.6. The molecule has 2 rings (SSSR count). The predicted molar refractivity (Wildman–Crippen MR) is 101 cm³/mol. The molecule has 164 valence electrons. The van der Waals surface area contributed by atoms with E-state index in [0.717, 1.165) is 0 Å². The smallest absolute Gasteiger partial charge is 0.303 e. The first-order valence-electron chi connectivity index (χ1n) is 9.29. The van der Waals surface area contributed by atoms with Crippen LogP contribution in [0.3, 0.4) is 0 Å². The number of hydrogen-bond donors (Lipinski definition) is 1. The van der Waals surface area contributed by atoms with Gasteiger partial charge in [0.25, 0.3) is 0 Å². The van der Waals surface area contributed by atoms with E-state index >= 15 is 0 Å². The van der Waals surface area contributed by atoms with Gasteiger partial charge in [0.15, 0.2) is 12.2 Å². The maximum absolute atomic E-state index is 11.8. The van der Waals surface area contributed by atoms with Crippen molar-refractivity contribution in [1.29, 1.82) is 0 Å². The van der Waals surface area contributed by atoms with Crippen molar-refractivity contribution in [3.05, 3.63) is 30.3 Å². The molecular weight excluding hydrogens is 398 g/mol. The van der Waals surface area contributed by atoms with E-state index in [0.29, 0.717) is 5.75 Å². The molecule has 0 aliphatic carbocycles. The fraction of sp³-hybridized carbons (Fsp3) is 0.500. The first-order chi connectivity index (χ1) is 14.2. The summed E-state index contributed by atoms with van der Waals surface area (Å²) in [6, 6.07) is 7.62. The van der Waals surface area contributed by atoms with Crippen molar-refractivity contribution >= 4 is 23.8 Å². The molecule has 0 radical (unpaired) electrons. The molecule has 1 amide bonds. The molecule has 30 heavy (non-hydrogen) atoms. The first-order valence-corrected chi connectivity index (χ1v) is 9.29. The van der Waals surface area contributed by atoms with Crippen molar-refractivity contribution in [1.82, 2.24) is 5.32 Å². The highest BCUT2D eigenvalue weighted by molar-refractivity contribution is 5.73. The summed E-state index contributed by atoms with van der Waals surface area (Å²) >= 11 is 0. The van der Waals surface area contributed by atoms with Crippen LogP contribution in [0, 0.1) is 0 Å². The van der Waals surface area contributed by atoms with Crippen molar-refractivity contribution in [3.8, 4) is 5.75 Å². The Morgan fingerprint density at radius 2 is 1.50 bits per heavy atom. The zero-order chi connectivity index (χ0) is 22.3. The van der Waals surface area contributed by atoms with Crippen LogP contribution in [0.1, 0.15) is 27.7 Å². The molecular formula is C20H25NO9. The quantitative estimate of drug-likeness (QED) is 0.498. The van der Waals surface area contributed by atoms with Crippen molar-refractivity contribution in [2.75, 3.05) is 6.61 Å². The van der Waals surface area contributed by atoms with Gasteiger partial charge in [0.05, 0.1) is 0 Å². The number of carbonyl (C=O) groups excluding carboxylic acids is 4. The van der Waals surface area contributed by atoms with E-state index in [1.54, 1.807) is 30.3 Å². The summed E-state index contributed by atoms with van der Waals surface area (Å²) in [7, 11) is 0. The highest BCUT2D eigenvalue weighted by Gasteiger charge is 2.51. The fourth-order valence-corrected chi connectivity index (χ4v) is 3.02. The zero-order valence-corrected chi connectivity index (χ0v) is 17.2. The number of ether oxygens (including phenoxy) is 5. The highest BCUT2D eigenvalue weighted by atomic mass is 16.7. The predicted octanol–water partition coefficient (Wildman–Crippen LogP) is 0.721. The third-order valence-corrected chi connectivity index (χ3v) is 4.07. The van der Waals surface area contributed by atoms with E-state index in [4.69, 9.17) is 23.7 Å². The average Bonchev–Trinajstić information content (AvgIpc) is 2.64. The van der Waals surface area contributed by atoms with Crippen LogP contribution >= 0.6 is 0 Å². The van der Waals surface area contributed by atoms with E-state index < -0.39 is 54.5 Å². The normalized spacial score (nSPS) is 25.5. The van der Waals surface area contributed by atoms with Gasteiger partial charge in [0.1, 0.15) is 24.5 Å². The lowest BCUT2D eigenvalue weighted by atomic mass is 9.96. The van der Waals surface area contributed by atoms with Crippen molar-refractivity contribution in [3.63, 3.8) is 0 Å². The molecule has 1 saturated heterocycles. The summed E-state index contributed by atoms with van der Waals surface area (Å²) in [5.74, 6) is -1.93. The number of para-hydroxylation sites is 1. The molecule has 0 spiro atoms. The Kier molecular flexibility index (Phi) is 8.16. The van der Waals surface area contributed by atoms with Crippen molar-refractivity contribution in [2.45, 2.75) is 58.3 Å². The van der Waals surface area contributed by atoms with Gasteiger partial charge in [-0.1, -0.05) is 18.2 Å². The molecule has 0 unspecified atom stereocenters. The van der Waals surface area contributed by atoms with Gasteiger partial charge in [0, 0.05) is 27.7 Å². The number of carbonyl (C=O) groups is 4. The summed E-state index contributed by atoms with van der Waals surface area (Å²) in [4.78, 5) is 46.6. The molecule has 10 nitrogen and oxygen atoms in total. The van der Waals surface area contributed by atoms with Gasteiger partial charge in [0.2, 0.25) is 12.2 Å². The Hall–Kier alpha value is -3.14. The number of benzene rings is 1. The van der Waals surface area contributed by atoms with Gasteiger partial charge in [-0.2, -0.15) is 0 Å². The monoisotopic (exact) mass is 423 g/mol. The maximum atomic E-state index is 11.8. The van der Waals surface area contributed by atoms with E-state index in [2.05, 4.69) is 5.32 Å². The summed E-state index contributed by atoms with van der Waals surface area (Å²) in [6.07, 6.45) is -4.45. The van der Waals surface area contributed by atoms with Crippen LogP contribution in [0.5, 0.6) is 5.75 Å². The van der Waals surface area contributed by atoms with Crippen molar-refractivity contribution in [2.24, 2.45) is 0 Å². The summed E-state index contributed by atoms with van der Waals surface area (Å²) in [5.41, 5.74) is 0. The van der Waals surface area contributed by atoms with Crippen LogP contribution in [0.15, 0.2) is 30.3 Å². The Balaban J connectivity index is 2.42. The lowest BCUT2D eigenvalue weighted by Gasteiger charge is -2.44. The van der Waals surface area contributed by atoms with Crippen LogP contribution in [0.4, 0.5) is 0 Å². The molecule has 1 heterocycles. The number of hydrogen-bond acceptors (Lipinski definition) is 9. The van der Waals surface area contributed by atoms with Gasteiger partial charge in [-0.15, -0.1) is 0 Å². The molecule has 0 saturated carbocycles. The Bertz CT molecular complexity index is 767. The van der Waals surface area contributed by atoms with Crippen LogP contribution in [-0.4, -0.2) is 61.1 Å². The van der Waals surface area contributed by atoms with Crippen molar-refractivity contribution < 1.29 is 42.9 Å². The summed E-state index contributed by atoms with van der Waals surface area (Å²) in [5, 5.41) is 2.63. The standard InChI is InChI=1S/C20H25NO9/c1-11(22)21-17-19(28-14(4)25)18(27-13(3)24)16(10-26-12(2)23)30-20(17)29-15-8-6-5-7-9-15/h5-9,16-20H,10H2,1-4H3,(H,21,22)/t16-,17+,18-,19-,20-/m1/s1. The fourth-order valence-electron chi connectivity index (χ4n) is 3.02. The van der Waals surface area contributed by atoms with Gasteiger partial charge in [-0.05, 0) is 12.1 Å². The minimum absolute atomic E-state index is 0.285. The first kappa shape index (κ1) is 23.1. The highest BCUT2D eigenvalue weighted by Crippen LogP contribution is 2.29. The van der Waals surface area contributed by atoms with Gasteiger partial charge >= 0.3 is 17.9 Å². The van der Waals surface area contributed by atoms with E-state index in [-0.39, 0.29) is 6.61 Å². The number of rotatable bonds is 7. The van der Waals surface area contributed by atoms with E-state index in [1.165, 1.54) is 27.7 Å². The topological polar surface area (TPSA) is 126 Å². The average molecular weight is 423 g/mol. The largest absolute Gasteiger partial charge is 0.463 e. The molecule has 1 aromatic rings. The Labute approximate surface area is 173 Å². The summed E-state index contributed by atoms with van der Waals surface area (Å²) in [6.45, 7) is 4.56. The van der Waals surface area contributed by atoms with E-state index in [9.17, 15) is 19.2 Å². The van der Waals surface area contributed by atoms with Crippen LogP contribution in [0.2, 0.25) is 0 Å². The van der Waals surface area contributed by atoms with Crippen LogP contribution in [-0.2, 0) is 38.1 Å².